The van der Waals surface area contributed by atoms with Crippen LogP contribution in [-0.2, 0) is 11.2 Å². The van der Waals surface area contributed by atoms with Crippen LogP contribution in [0.3, 0.4) is 0 Å². The number of hydrogen-bond donors (Lipinski definition) is 2. The Morgan fingerprint density at radius 3 is 2.62 bits per heavy atom. The zero-order chi connectivity index (χ0) is 19.1. The second-order valence-corrected chi connectivity index (χ2v) is 5.99. The number of nitrogens with one attached hydrogen (secondary N) is 1. The van der Waals surface area contributed by atoms with E-state index in [1.54, 1.807) is 6.92 Å². The predicted octanol–water partition coefficient (Wildman–Crippen LogP) is 3.21. The van der Waals surface area contributed by atoms with E-state index in [0.717, 1.165) is 11.1 Å². The summed E-state index contributed by atoms with van der Waals surface area (Å²) >= 11 is 0. The van der Waals surface area contributed by atoms with Gasteiger partial charge in [-0.3, -0.25) is 9.59 Å². The van der Waals surface area contributed by atoms with E-state index < -0.39 is 23.6 Å². The van der Waals surface area contributed by atoms with Gasteiger partial charge in [-0.25, -0.2) is 4.39 Å². The lowest BCUT2D eigenvalue weighted by atomic mass is 9.98. The number of halogens is 1. The standard InChI is InChI=1S/C20H22FNO4/c1-3-26-18-16(8-5-9-17(18)21)19(23)22-12-15(20(24)25)11-14-7-4-6-13(2)10-14/h4-10,15H,3,11-12H2,1-2H3,(H,22,23)(H,24,25). The normalized spacial score (nSPS) is 11.7. The number of hydrogen-bond acceptors (Lipinski definition) is 3. The van der Waals surface area contributed by atoms with Gasteiger partial charge < -0.3 is 15.2 Å². The number of benzene rings is 2. The Balaban J connectivity index is 2.08. The number of carboxylic acid groups (broad SMARTS) is 1. The summed E-state index contributed by atoms with van der Waals surface area (Å²) in [6, 6.07) is 11.6. The van der Waals surface area contributed by atoms with Gasteiger partial charge in [0.1, 0.15) is 0 Å². The molecule has 2 rings (SSSR count). The molecule has 26 heavy (non-hydrogen) atoms. The third kappa shape index (κ3) is 5.05. The van der Waals surface area contributed by atoms with Crippen LogP contribution in [0.25, 0.3) is 0 Å². The zero-order valence-electron chi connectivity index (χ0n) is 14.8. The van der Waals surface area contributed by atoms with Gasteiger partial charge in [0.2, 0.25) is 0 Å². The fourth-order valence-electron chi connectivity index (χ4n) is 2.66. The maximum absolute atomic E-state index is 13.9. The molecule has 0 fully saturated rings. The maximum atomic E-state index is 13.9. The first-order valence-electron chi connectivity index (χ1n) is 8.40. The lowest BCUT2D eigenvalue weighted by molar-refractivity contribution is -0.141. The van der Waals surface area contributed by atoms with Gasteiger partial charge in [0.25, 0.3) is 5.91 Å². The van der Waals surface area contributed by atoms with Gasteiger partial charge in [-0.1, -0.05) is 35.9 Å². The number of para-hydroxylation sites is 1. The highest BCUT2D eigenvalue weighted by Gasteiger charge is 2.21. The number of rotatable bonds is 8. The van der Waals surface area contributed by atoms with Crippen LogP contribution in [0.5, 0.6) is 5.75 Å². The van der Waals surface area contributed by atoms with Gasteiger partial charge in [0.05, 0.1) is 18.1 Å². The van der Waals surface area contributed by atoms with Crippen molar-refractivity contribution in [2.24, 2.45) is 5.92 Å². The van der Waals surface area contributed by atoms with Crippen LogP contribution in [0.4, 0.5) is 4.39 Å². The van der Waals surface area contributed by atoms with Crippen molar-refractivity contribution in [3.63, 3.8) is 0 Å². The Labute approximate surface area is 151 Å². The molecule has 6 heteroatoms. The van der Waals surface area contributed by atoms with Crippen molar-refractivity contribution in [3.05, 3.63) is 65.0 Å². The number of carboxylic acids is 1. The molecule has 1 unspecified atom stereocenters. The van der Waals surface area contributed by atoms with E-state index in [1.165, 1.54) is 18.2 Å². The van der Waals surface area contributed by atoms with Crippen LogP contribution in [0.15, 0.2) is 42.5 Å². The van der Waals surface area contributed by atoms with Gasteiger partial charge in [0, 0.05) is 6.54 Å². The lowest BCUT2D eigenvalue weighted by Crippen LogP contribution is -2.34. The SMILES string of the molecule is CCOc1c(F)cccc1C(=O)NCC(Cc1cccc(C)c1)C(=O)O. The fourth-order valence-corrected chi connectivity index (χ4v) is 2.66. The minimum absolute atomic E-state index is 0.0477. The van der Waals surface area contributed by atoms with E-state index in [2.05, 4.69) is 5.32 Å². The van der Waals surface area contributed by atoms with E-state index in [1.807, 2.05) is 31.2 Å². The quantitative estimate of drug-likeness (QED) is 0.759. The highest BCUT2D eigenvalue weighted by atomic mass is 19.1. The molecule has 2 aromatic rings. The lowest BCUT2D eigenvalue weighted by Gasteiger charge is -2.15. The van der Waals surface area contributed by atoms with E-state index in [9.17, 15) is 19.1 Å². The summed E-state index contributed by atoms with van der Waals surface area (Å²) in [6.07, 6.45) is 0.290. The molecule has 1 amide bonds. The average molecular weight is 359 g/mol. The van der Waals surface area contributed by atoms with E-state index >= 15 is 0 Å². The fraction of sp³-hybridized carbons (Fsp3) is 0.300. The number of aryl methyl sites for hydroxylation is 1. The molecule has 0 aromatic heterocycles. The van der Waals surface area contributed by atoms with Crippen molar-refractivity contribution in [3.8, 4) is 5.75 Å². The second kappa shape index (κ2) is 8.99. The Morgan fingerprint density at radius 1 is 1.23 bits per heavy atom. The van der Waals surface area contributed by atoms with Crippen molar-refractivity contribution >= 4 is 11.9 Å². The number of amides is 1. The molecule has 0 bridgehead atoms. The van der Waals surface area contributed by atoms with Crippen LogP contribution in [0, 0.1) is 18.7 Å². The highest BCUT2D eigenvalue weighted by Crippen LogP contribution is 2.22. The first-order chi connectivity index (χ1) is 12.4. The number of carbonyl (C=O) groups excluding carboxylic acids is 1. The van der Waals surface area contributed by atoms with E-state index in [4.69, 9.17) is 4.74 Å². The van der Waals surface area contributed by atoms with Crippen LogP contribution >= 0.6 is 0 Å². The molecule has 0 aliphatic carbocycles. The molecule has 2 N–H and O–H groups in total. The van der Waals surface area contributed by atoms with Crippen LogP contribution in [0.2, 0.25) is 0 Å². The highest BCUT2D eigenvalue weighted by molar-refractivity contribution is 5.97. The van der Waals surface area contributed by atoms with Crippen molar-refractivity contribution in [1.29, 1.82) is 0 Å². The molecule has 0 saturated carbocycles. The van der Waals surface area contributed by atoms with Gasteiger partial charge in [-0.15, -0.1) is 0 Å². The van der Waals surface area contributed by atoms with Crippen LogP contribution in [-0.4, -0.2) is 30.1 Å². The topological polar surface area (TPSA) is 75.6 Å². The zero-order valence-corrected chi connectivity index (χ0v) is 14.8. The number of aliphatic carboxylic acids is 1. The van der Waals surface area contributed by atoms with Crippen molar-refractivity contribution < 1.29 is 23.8 Å². The number of carbonyl (C=O) groups is 2. The summed E-state index contributed by atoms with van der Waals surface area (Å²) in [4.78, 5) is 23.9. The van der Waals surface area contributed by atoms with Crippen LogP contribution in [0.1, 0.15) is 28.4 Å². The third-order valence-corrected chi connectivity index (χ3v) is 3.92. The van der Waals surface area contributed by atoms with Crippen molar-refractivity contribution in [2.45, 2.75) is 20.3 Å². The van der Waals surface area contributed by atoms with Gasteiger partial charge in [0.15, 0.2) is 11.6 Å². The van der Waals surface area contributed by atoms with Gasteiger partial charge in [-0.05, 0) is 38.0 Å². The summed E-state index contributed by atoms with van der Waals surface area (Å²) in [6.45, 7) is 3.77. The van der Waals surface area contributed by atoms with Crippen LogP contribution < -0.4 is 10.1 Å². The first kappa shape index (κ1) is 19.4. The summed E-state index contributed by atoms with van der Waals surface area (Å²) in [5.41, 5.74) is 1.97. The van der Waals surface area contributed by atoms with Crippen molar-refractivity contribution in [1.82, 2.24) is 5.32 Å². The molecule has 138 valence electrons. The molecular formula is C20H22FNO4. The Hall–Kier alpha value is -2.89. The summed E-state index contributed by atoms with van der Waals surface area (Å²) in [5, 5.41) is 12.0. The maximum Gasteiger partial charge on any atom is 0.308 e. The Morgan fingerprint density at radius 2 is 1.96 bits per heavy atom. The first-order valence-corrected chi connectivity index (χ1v) is 8.40. The molecule has 0 aliphatic rings. The number of ether oxygens (including phenoxy) is 1. The van der Waals surface area contributed by atoms with Gasteiger partial charge in [-0.2, -0.15) is 0 Å². The molecule has 1 atom stereocenters. The average Bonchev–Trinajstić information content (AvgIpc) is 2.60. The second-order valence-electron chi connectivity index (χ2n) is 5.99. The third-order valence-electron chi connectivity index (χ3n) is 3.92. The summed E-state index contributed by atoms with van der Waals surface area (Å²) < 4.78 is 19.1. The Kier molecular flexibility index (Phi) is 6.72. The summed E-state index contributed by atoms with van der Waals surface area (Å²) in [7, 11) is 0. The molecule has 0 aliphatic heterocycles. The molecule has 0 radical (unpaired) electrons. The smallest absolute Gasteiger partial charge is 0.308 e. The minimum atomic E-state index is -1.00. The molecule has 0 heterocycles. The molecule has 0 spiro atoms. The van der Waals surface area contributed by atoms with Gasteiger partial charge >= 0.3 is 5.97 Å². The molecule has 2 aromatic carbocycles. The van der Waals surface area contributed by atoms with Crippen molar-refractivity contribution in [2.75, 3.05) is 13.2 Å². The molecular weight excluding hydrogens is 337 g/mol. The van der Waals surface area contributed by atoms with E-state index in [0.29, 0.717) is 6.42 Å². The molecule has 0 saturated heterocycles. The Bertz CT molecular complexity index is 791. The largest absolute Gasteiger partial charge is 0.490 e. The molecule has 5 nitrogen and oxygen atoms in total. The predicted molar refractivity (Wildman–Crippen MR) is 95.9 cm³/mol. The van der Waals surface area contributed by atoms with E-state index in [-0.39, 0.29) is 24.5 Å². The summed E-state index contributed by atoms with van der Waals surface area (Å²) in [5.74, 6) is -3.11. The minimum Gasteiger partial charge on any atom is -0.490 e. The monoisotopic (exact) mass is 359 g/mol.